The number of carbonyl (C=O) groups is 2. The fourth-order valence-electron chi connectivity index (χ4n) is 2.30. The highest BCUT2D eigenvalue weighted by Crippen LogP contribution is 2.24. The summed E-state index contributed by atoms with van der Waals surface area (Å²) >= 11 is 0. The molecule has 0 spiro atoms. The van der Waals surface area contributed by atoms with Crippen LogP contribution < -0.4 is 5.32 Å². The minimum atomic E-state index is -1.93. The second-order valence-electron chi connectivity index (χ2n) is 5.62. The second kappa shape index (κ2) is 6.75. The molecule has 1 rings (SSSR count). The molecule has 2 amide bonds. The molecule has 1 aliphatic carbocycles. The molecule has 19 heavy (non-hydrogen) atoms. The minimum Gasteiger partial charge on any atom is -0.479 e. The van der Waals surface area contributed by atoms with Gasteiger partial charge < -0.3 is 20.4 Å². The van der Waals surface area contributed by atoms with Gasteiger partial charge in [-0.3, -0.25) is 0 Å². The lowest BCUT2D eigenvalue weighted by atomic mass is 9.89. The van der Waals surface area contributed by atoms with Gasteiger partial charge >= 0.3 is 12.0 Å². The van der Waals surface area contributed by atoms with Crippen LogP contribution in [0.4, 0.5) is 4.79 Å². The number of aliphatic carboxylic acids is 1. The van der Waals surface area contributed by atoms with Crippen LogP contribution >= 0.6 is 0 Å². The van der Waals surface area contributed by atoms with Gasteiger partial charge in [-0.25, -0.2) is 9.59 Å². The zero-order valence-corrected chi connectivity index (χ0v) is 11.7. The smallest absolute Gasteiger partial charge is 0.337 e. The molecule has 1 fully saturated rings. The SMILES string of the molecule is CN(CC1CCCCC1)C(=O)NCC(C)(O)C(=O)O. The molecule has 6 heteroatoms. The molecule has 1 unspecified atom stereocenters. The zero-order valence-electron chi connectivity index (χ0n) is 11.7. The standard InChI is InChI=1S/C13H24N2O4/c1-13(19,11(16)17)9-14-12(18)15(2)8-10-6-4-3-5-7-10/h10,19H,3-9H2,1-2H3,(H,14,18)(H,16,17). The van der Waals surface area contributed by atoms with Gasteiger partial charge in [0.05, 0.1) is 6.54 Å². The predicted octanol–water partition coefficient (Wildman–Crippen LogP) is 1.04. The predicted molar refractivity (Wildman–Crippen MR) is 70.9 cm³/mol. The molecule has 0 heterocycles. The van der Waals surface area contributed by atoms with Gasteiger partial charge in [0.25, 0.3) is 0 Å². The van der Waals surface area contributed by atoms with E-state index in [4.69, 9.17) is 5.11 Å². The van der Waals surface area contributed by atoms with E-state index in [0.29, 0.717) is 12.5 Å². The fourth-order valence-corrected chi connectivity index (χ4v) is 2.30. The molecule has 1 aliphatic rings. The highest BCUT2D eigenvalue weighted by Gasteiger charge is 2.30. The summed E-state index contributed by atoms with van der Waals surface area (Å²) in [4.78, 5) is 24.1. The molecular formula is C13H24N2O4. The number of hydrogen-bond acceptors (Lipinski definition) is 3. The molecule has 1 saturated carbocycles. The van der Waals surface area contributed by atoms with Crippen molar-refractivity contribution < 1.29 is 19.8 Å². The normalized spacial score (nSPS) is 19.5. The molecule has 110 valence electrons. The first-order valence-electron chi connectivity index (χ1n) is 6.77. The number of nitrogens with one attached hydrogen (secondary N) is 1. The topological polar surface area (TPSA) is 89.9 Å². The Hall–Kier alpha value is -1.30. The third-order valence-electron chi connectivity index (χ3n) is 3.65. The monoisotopic (exact) mass is 272 g/mol. The number of rotatable bonds is 5. The largest absolute Gasteiger partial charge is 0.479 e. The quantitative estimate of drug-likeness (QED) is 0.697. The third-order valence-corrected chi connectivity index (χ3v) is 3.65. The van der Waals surface area contributed by atoms with Crippen molar-refractivity contribution in [3.63, 3.8) is 0 Å². The van der Waals surface area contributed by atoms with E-state index in [0.717, 1.165) is 19.8 Å². The Morgan fingerprint density at radius 3 is 2.42 bits per heavy atom. The number of carboxylic acid groups (broad SMARTS) is 1. The van der Waals surface area contributed by atoms with Crippen molar-refractivity contribution in [1.82, 2.24) is 10.2 Å². The summed E-state index contributed by atoms with van der Waals surface area (Å²) in [6, 6.07) is -0.341. The highest BCUT2D eigenvalue weighted by molar-refractivity contribution is 5.79. The van der Waals surface area contributed by atoms with Crippen LogP contribution in [0, 0.1) is 5.92 Å². The Balaban J connectivity index is 2.34. The van der Waals surface area contributed by atoms with Gasteiger partial charge in [-0.2, -0.15) is 0 Å². The van der Waals surface area contributed by atoms with Crippen LogP contribution in [0.2, 0.25) is 0 Å². The van der Waals surface area contributed by atoms with Gasteiger partial charge in [-0.1, -0.05) is 19.3 Å². The third kappa shape index (κ3) is 5.06. The van der Waals surface area contributed by atoms with E-state index < -0.39 is 11.6 Å². The van der Waals surface area contributed by atoms with Crippen molar-refractivity contribution in [1.29, 1.82) is 0 Å². The van der Waals surface area contributed by atoms with Gasteiger partial charge in [-0.05, 0) is 25.7 Å². The number of carboxylic acids is 1. The molecule has 0 aromatic rings. The van der Waals surface area contributed by atoms with E-state index >= 15 is 0 Å². The van der Waals surface area contributed by atoms with Crippen molar-refractivity contribution >= 4 is 12.0 Å². The number of carbonyl (C=O) groups excluding carboxylic acids is 1. The number of amides is 2. The van der Waals surface area contributed by atoms with Crippen LogP contribution in [-0.4, -0.2) is 52.9 Å². The maximum absolute atomic E-state index is 11.8. The van der Waals surface area contributed by atoms with E-state index in [9.17, 15) is 14.7 Å². The molecule has 3 N–H and O–H groups in total. The van der Waals surface area contributed by atoms with Crippen molar-refractivity contribution in [2.75, 3.05) is 20.1 Å². The van der Waals surface area contributed by atoms with E-state index in [1.165, 1.54) is 19.3 Å². The highest BCUT2D eigenvalue weighted by atomic mass is 16.4. The lowest BCUT2D eigenvalue weighted by Gasteiger charge is -2.28. The summed E-state index contributed by atoms with van der Waals surface area (Å²) < 4.78 is 0. The van der Waals surface area contributed by atoms with Gasteiger partial charge in [0.2, 0.25) is 0 Å². The second-order valence-corrected chi connectivity index (χ2v) is 5.62. The molecule has 0 radical (unpaired) electrons. The molecule has 0 aliphatic heterocycles. The fraction of sp³-hybridized carbons (Fsp3) is 0.846. The van der Waals surface area contributed by atoms with E-state index in [2.05, 4.69) is 5.32 Å². The summed E-state index contributed by atoms with van der Waals surface area (Å²) in [6.07, 6.45) is 5.99. The maximum atomic E-state index is 11.8. The van der Waals surface area contributed by atoms with Gasteiger partial charge in [0.15, 0.2) is 5.60 Å². The van der Waals surface area contributed by atoms with Crippen LogP contribution in [0.1, 0.15) is 39.0 Å². The lowest BCUT2D eigenvalue weighted by Crippen LogP contribution is -2.50. The molecule has 0 aromatic heterocycles. The summed E-state index contributed by atoms with van der Waals surface area (Å²) in [5, 5.41) is 20.7. The maximum Gasteiger partial charge on any atom is 0.337 e. The molecule has 0 bridgehead atoms. The van der Waals surface area contributed by atoms with Crippen molar-refractivity contribution in [3.8, 4) is 0 Å². The average Bonchev–Trinajstić information content (AvgIpc) is 2.37. The first-order valence-corrected chi connectivity index (χ1v) is 6.77. The van der Waals surface area contributed by atoms with Crippen LogP contribution in [0.3, 0.4) is 0 Å². The van der Waals surface area contributed by atoms with Gasteiger partial charge in [0.1, 0.15) is 0 Å². The first kappa shape index (κ1) is 15.8. The van der Waals surface area contributed by atoms with Crippen molar-refractivity contribution in [2.45, 2.75) is 44.6 Å². The molecule has 0 aromatic carbocycles. The summed E-state index contributed by atoms with van der Waals surface area (Å²) in [5.41, 5.74) is -1.93. The van der Waals surface area contributed by atoms with Crippen LogP contribution in [0.25, 0.3) is 0 Å². The Kier molecular flexibility index (Phi) is 5.60. The van der Waals surface area contributed by atoms with Crippen LogP contribution in [0.5, 0.6) is 0 Å². The molecule has 6 nitrogen and oxygen atoms in total. The zero-order chi connectivity index (χ0) is 14.5. The van der Waals surface area contributed by atoms with Crippen LogP contribution in [-0.2, 0) is 4.79 Å². The number of hydrogen-bond donors (Lipinski definition) is 3. The van der Waals surface area contributed by atoms with E-state index in [-0.39, 0.29) is 12.6 Å². The molecular weight excluding hydrogens is 248 g/mol. The van der Waals surface area contributed by atoms with Gasteiger partial charge in [-0.15, -0.1) is 0 Å². The Morgan fingerprint density at radius 2 is 1.89 bits per heavy atom. The van der Waals surface area contributed by atoms with Gasteiger partial charge in [0, 0.05) is 13.6 Å². The Labute approximate surface area is 113 Å². The average molecular weight is 272 g/mol. The summed E-state index contributed by atoms with van der Waals surface area (Å²) in [7, 11) is 1.69. The number of nitrogens with zero attached hydrogens (tertiary/aromatic N) is 1. The Bertz CT molecular complexity index is 325. The van der Waals surface area contributed by atoms with Crippen molar-refractivity contribution in [2.24, 2.45) is 5.92 Å². The first-order chi connectivity index (χ1) is 8.83. The molecule has 1 atom stereocenters. The summed E-state index contributed by atoms with van der Waals surface area (Å²) in [5.74, 6) is -0.813. The molecule has 0 saturated heterocycles. The number of aliphatic hydroxyl groups is 1. The Morgan fingerprint density at radius 1 is 1.32 bits per heavy atom. The van der Waals surface area contributed by atoms with Crippen molar-refractivity contribution in [3.05, 3.63) is 0 Å². The lowest BCUT2D eigenvalue weighted by molar-refractivity contribution is -0.155. The van der Waals surface area contributed by atoms with E-state index in [1.54, 1.807) is 11.9 Å². The van der Waals surface area contributed by atoms with Crippen LogP contribution in [0.15, 0.2) is 0 Å². The minimum absolute atomic E-state index is 0.295. The summed E-state index contributed by atoms with van der Waals surface area (Å²) in [6.45, 7) is 1.55. The number of urea groups is 1. The van der Waals surface area contributed by atoms with E-state index in [1.807, 2.05) is 0 Å².